The molecule has 1 saturated heterocycles. The Morgan fingerprint density at radius 3 is 2.76 bits per heavy atom. The highest BCUT2D eigenvalue weighted by Crippen LogP contribution is 2.30. The number of nitrogens with one attached hydrogen (secondary N) is 2. The molecular weight excluding hydrogens is 441 g/mol. The lowest BCUT2D eigenvalue weighted by atomic mass is 10.1. The van der Waals surface area contributed by atoms with E-state index in [1.165, 1.54) is 38.0 Å². The van der Waals surface area contributed by atoms with Gasteiger partial charge >= 0.3 is 0 Å². The molecular formula is C25H25ClFN5O. The molecule has 0 radical (unpaired) electrons. The summed E-state index contributed by atoms with van der Waals surface area (Å²) >= 11 is 5.81. The van der Waals surface area contributed by atoms with E-state index in [0.29, 0.717) is 28.0 Å². The first-order valence-corrected chi connectivity index (χ1v) is 10.8. The quantitative estimate of drug-likeness (QED) is 0.408. The second kappa shape index (κ2) is 10.9. The minimum absolute atomic E-state index is 0.0121. The molecule has 0 unspecified atom stereocenters. The maximum atomic E-state index is 14.2. The number of rotatable bonds is 4. The van der Waals surface area contributed by atoms with Crippen molar-refractivity contribution in [2.24, 2.45) is 5.92 Å². The number of hydrogen-bond acceptors (Lipinski definition) is 5. The van der Waals surface area contributed by atoms with Gasteiger partial charge in [0.15, 0.2) is 5.82 Å². The molecule has 2 heterocycles. The van der Waals surface area contributed by atoms with Crippen LogP contribution in [0.3, 0.4) is 0 Å². The van der Waals surface area contributed by atoms with E-state index in [-0.39, 0.29) is 10.7 Å². The normalized spacial score (nSPS) is 15.3. The molecule has 1 aromatic heterocycles. The molecule has 1 atom stereocenters. The Kier molecular flexibility index (Phi) is 7.99. The largest absolute Gasteiger partial charge is 0.337 e. The number of carbonyl (C=O) groups excluding carboxylic acids is 1. The molecule has 1 aliphatic heterocycles. The third kappa shape index (κ3) is 6.07. The van der Waals surface area contributed by atoms with Gasteiger partial charge in [0.25, 0.3) is 0 Å². The summed E-state index contributed by atoms with van der Waals surface area (Å²) in [6.45, 7) is 8.33. The Bertz CT molecular complexity index is 1220. The lowest BCUT2D eigenvalue weighted by molar-refractivity contribution is -0.111. The van der Waals surface area contributed by atoms with Crippen molar-refractivity contribution >= 4 is 45.6 Å². The Morgan fingerprint density at radius 1 is 1.36 bits per heavy atom. The van der Waals surface area contributed by atoms with E-state index in [2.05, 4.69) is 52.0 Å². The van der Waals surface area contributed by atoms with E-state index in [4.69, 9.17) is 18.0 Å². The fourth-order valence-corrected chi connectivity index (χ4v) is 3.67. The monoisotopic (exact) mass is 465 g/mol. The van der Waals surface area contributed by atoms with Crippen LogP contribution in [0.4, 0.5) is 21.6 Å². The number of terminal acetylenes is 1. The molecule has 0 spiro atoms. The maximum Gasteiger partial charge on any atom is 0.247 e. The smallest absolute Gasteiger partial charge is 0.247 e. The summed E-state index contributed by atoms with van der Waals surface area (Å²) in [6, 6.07) is 7.85. The number of benzene rings is 2. The number of amides is 1. The standard InChI is InChI=1S/C19H12ClFN4O.C6H13N/c1-3-11-8-16-12(9-15(11)24-17(26)4-2)19(23-10-22-16)25-14-7-5-6-13(20)18(14)21;1-6-3-4-7(2)5-6/h1,4-10H,2H2,(H,24,26)(H,22,23,25);6H,3-5H2,1-2H3/t;6-/m.0/s1. The van der Waals surface area contributed by atoms with Crippen molar-refractivity contribution in [2.75, 3.05) is 30.8 Å². The van der Waals surface area contributed by atoms with Crippen LogP contribution in [-0.4, -0.2) is 40.9 Å². The fourth-order valence-electron chi connectivity index (χ4n) is 3.49. The van der Waals surface area contributed by atoms with Crippen LogP contribution in [0.5, 0.6) is 0 Å². The number of halogens is 2. The first-order chi connectivity index (χ1) is 15.8. The van der Waals surface area contributed by atoms with Gasteiger partial charge < -0.3 is 15.5 Å². The van der Waals surface area contributed by atoms with Crippen LogP contribution in [0.1, 0.15) is 18.9 Å². The van der Waals surface area contributed by atoms with Gasteiger partial charge in [0.05, 0.1) is 27.5 Å². The molecule has 1 aliphatic rings. The number of nitrogens with zero attached hydrogens (tertiary/aromatic N) is 3. The van der Waals surface area contributed by atoms with Gasteiger partial charge in [-0.25, -0.2) is 14.4 Å². The molecule has 170 valence electrons. The summed E-state index contributed by atoms with van der Waals surface area (Å²) in [5, 5.41) is 6.06. The van der Waals surface area contributed by atoms with Gasteiger partial charge in [-0.1, -0.05) is 37.1 Å². The minimum Gasteiger partial charge on any atom is -0.337 e. The predicted octanol–water partition coefficient (Wildman–Crippen LogP) is 5.23. The van der Waals surface area contributed by atoms with Gasteiger partial charge in [-0.15, -0.1) is 6.42 Å². The summed E-state index contributed by atoms with van der Waals surface area (Å²) in [6.07, 6.45) is 9.37. The second-order valence-corrected chi connectivity index (χ2v) is 8.26. The molecule has 1 amide bonds. The maximum absolute atomic E-state index is 14.2. The Morgan fingerprint density at radius 2 is 2.15 bits per heavy atom. The Hall–Kier alpha value is -3.47. The molecule has 2 aromatic carbocycles. The lowest BCUT2D eigenvalue weighted by Crippen LogP contribution is -2.12. The number of anilines is 3. The van der Waals surface area contributed by atoms with E-state index >= 15 is 0 Å². The van der Waals surface area contributed by atoms with Crippen molar-refractivity contribution in [2.45, 2.75) is 13.3 Å². The Balaban J connectivity index is 0.000000374. The first-order valence-electron chi connectivity index (χ1n) is 10.4. The van der Waals surface area contributed by atoms with E-state index in [9.17, 15) is 9.18 Å². The highest BCUT2D eigenvalue weighted by molar-refractivity contribution is 6.31. The van der Waals surface area contributed by atoms with Crippen molar-refractivity contribution in [3.8, 4) is 12.3 Å². The average Bonchev–Trinajstić information content (AvgIpc) is 3.19. The molecule has 1 fully saturated rings. The number of likely N-dealkylation sites (tertiary alicyclic amines) is 1. The van der Waals surface area contributed by atoms with Crippen molar-refractivity contribution in [1.29, 1.82) is 0 Å². The molecule has 2 N–H and O–H groups in total. The summed E-state index contributed by atoms with van der Waals surface area (Å²) in [4.78, 5) is 22.3. The third-order valence-corrected chi connectivity index (χ3v) is 5.50. The summed E-state index contributed by atoms with van der Waals surface area (Å²) in [5.41, 5.74) is 1.55. The molecule has 33 heavy (non-hydrogen) atoms. The van der Waals surface area contributed by atoms with Gasteiger partial charge in [0, 0.05) is 11.9 Å². The molecule has 3 aromatic rings. The number of hydrogen-bond donors (Lipinski definition) is 2. The van der Waals surface area contributed by atoms with E-state index in [0.717, 1.165) is 12.0 Å². The fraction of sp³-hybridized carbons (Fsp3) is 0.240. The van der Waals surface area contributed by atoms with Gasteiger partial charge in [0.2, 0.25) is 5.91 Å². The lowest BCUT2D eigenvalue weighted by Gasteiger charge is -2.12. The van der Waals surface area contributed by atoms with Crippen LogP contribution in [0.15, 0.2) is 49.3 Å². The zero-order valence-corrected chi connectivity index (χ0v) is 19.3. The van der Waals surface area contributed by atoms with Crippen LogP contribution in [0, 0.1) is 24.1 Å². The summed E-state index contributed by atoms with van der Waals surface area (Å²) < 4.78 is 14.2. The number of fused-ring (bicyclic) bond motifs is 1. The zero-order chi connectivity index (χ0) is 24.0. The summed E-state index contributed by atoms with van der Waals surface area (Å²) in [5.74, 6) is 2.78. The third-order valence-electron chi connectivity index (χ3n) is 5.21. The minimum atomic E-state index is -0.596. The van der Waals surface area contributed by atoms with Crippen LogP contribution >= 0.6 is 11.6 Å². The molecule has 4 rings (SSSR count). The van der Waals surface area contributed by atoms with Crippen molar-refractivity contribution < 1.29 is 9.18 Å². The molecule has 8 heteroatoms. The second-order valence-electron chi connectivity index (χ2n) is 7.86. The highest BCUT2D eigenvalue weighted by Gasteiger charge is 2.14. The molecule has 6 nitrogen and oxygen atoms in total. The van der Waals surface area contributed by atoms with E-state index < -0.39 is 11.7 Å². The molecule has 0 aliphatic carbocycles. The number of carbonyl (C=O) groups is 1. The Labute approximate surface area is 197 Å². The van der Waals surface area contributed by atoms with Gasteiger partial charge in [-0.2, -0.15) is 0 Å². The SMILES string of the molecule is C#Cc1cc2ncnc(Nc3cccc(Cl)c3F)c2cc1NC(=O)C=C.C[C@H]1CCN(C)C1. The van der Waals surface area contributed by atoms with E-state index in [1.807, 2.05) is 0 Å². The van der Waals surface area contributed by atoms with Crippen LogP contribution in [-0.2, 0) is 4.79 Å². The van der Waals surface area contributed by atoms with Gasteiger partial charge in [-0.05, 0) is 56.3 Å². The van der Waals surface area contributed by atoms with Crippen molar-refractivity contribution in [3.05, 3.63) is 65.7 Å². The van der Waals surface area contributed by atoms with E-state index in [1.54, 1.807) is 18.2 Å². The predicted molar refractivity (Wildman–Crippen MR) is 132 cm³/mol. The van der Waals surface area contributed by atoms with Gasteiger partial charge in [0.1, 0.15) is 12.1 Å². The topological polar surface area (TPSA) is 70.1 Å². The van der Waals surface area contributed by atoms with Crippen LogP contribution in [0.25, 0.3) is 10.9 Å². The summed E-state index contributed by atoms with van der Waals surface area (Å²) in [7, 11) is 2.18. The molecule has 0 saturated carbocycles. The molecule has 0 bridgehead atoms. The number of aromatic nitrogens is 2. The first kappa shape index (κ1) is 24.2. The van der Waals surface area contributed by atoms with Crippen molar-refractivity contribution in [3.63, 3.8) is 0 Å². The zero-order valence-electron chi connectivity index (χ0n) is 18.5. The van der Waals surface area contributed by atoms with Crippen LogP contribution < -0.4 is 10.6 Å². The highest BCUT2D eigenvalue weighted by atomic mass is 35.5. The van der Waals surface area contributed by atoms with Gasteiger partial charge in [-0.3, -0.25) is 4.79 Å². The van der Waals surface area contributed by atoms with Crippen LogP contribution in [0.2, 0.25) is 5.02 Å². The average molecular weight is 466 g/mol. The van der Waals surface area contributed by atoms with Crippen molar-refractivity contribution in [1.82, 2.24) is 14.9 Å².